The van der Waals surface area contributed by atoms with Gasteiger partial charge in [0.1, 0.15) is 0 Å². The van der Waals surface area contributed by atoms with E-state index in [0.29, 0.717) is 36.7 Å². The Morgan fingerprint density at radius 3 is 2.27 bits per heavy atom. The van der Waals surface area contributed by atoms with E-state index >= 15 is 0 Å². The molecule has 5 nitrogen and oxygen atoms in total. The lowest BCUT2D eigenvalue weighted by Crippen LogP contribution is -2.41. The maximum atomic E-state index is 13.0. The van der Waals surface area contributed by atoms with Gasteiger partial charge in [0.15, 0.2) is 0 Å². The zero-order chi connectivity index (χ0) is 22.1. The van der Waals surface area contributed by atoms with Crippen LogP contribution in [-0.4, -0.2) is 31.7 Å². The summed E-state index contributed by atoms with van der Waals surface area (Å²) in [4.78, 5) is 13.3. The fourth-order valence-corrected chi connectivity index (χ4v) is 5.50. The van der Waals surface area contributed by atoms with Gasteiger partial charge in [-0.15, -0.1) is 0 Å². The number of benzene rings is 2. The summed E-state index contributed by atoms with van der Waals surface area (Å²) in [5.41, 5.74) is 5.09. The molecule has 1 heterocycles. The number of hydrogen-bond acceptors (Lipinski definition) is 3. The van der Waals surface area contributed by atoms with Crippen molar-refractivity contribution < 1.29 is 13.2 Å². The highest BCUT2D eigenvalue weighted by molar-refractivity contribution is 7.89. The molecule has 1 aliphatic rings. The summed E-state index contributed by atoms with van der Waals surface area (Å²) >= 11 is 0. The molecule has 0 unspecified atom stereocenters. The quantitative estimate of drug-likeness (QED) is 0.746. The first-order valence-corrected chi connectivity index (χ1v) is 12.0. The SMILES string of the molecule is Cc1ccc(S(=O)(=O)N2CCC(C(=O)Nc3c(C)cccc3C(C)C)CC2)cc1C. The van der Waals surface area contributed by atoms with E-state index < -0.39 is 10.0 Å². The Balaban J connectivity index is 1.68. The molecule has 1 aliphatic heterocycles. The second-order valence-electron chi connectivity index (χ2n) is 8.61. The van der Waals surface area contributed by atoms with Crippen LogP contribution in [0.2, 0.25) is 0 Å². The fraction of sp³-hybridized carbons (Fsp3) is 0.458. The monoisotopic (exact) mass is 428 g/mol. The van der Waals surface area contributed by atoms with Crippen LogP contribution in [-0.2, 0) is 14.8 Å². The van der Waals surface area contributed by atoms with Gasteiger partial charge < -0.3 is 5.32 Å². The van der Waals surface area contributed by atoms with Crippen LogP contribution >= 0.6 is 0 Å². The van der Waals surface area contributed by atoms with Crippen LogP contribution in [0.3, 0.4) is 0 Å². The van der Waals surface area contributed by atoms with Gasteiger partial charge in [-0.3, -0.25) is 4.79 Å². The highest BCUT2D eigenvalue weighted by Gasteiger charge is 2.32. The molecule has 0 saturated carbocycles. The molecule has 1 fully saturated rings. The highest BCUT2D eigenvalue weighted by Crippen LogP contribution is 2.30. The predicted octanol–water partition coefficient (Wildman–Crippen LogP) is 4.77. The van der Waals surface area contributed by atoms with E-state index in [4.69, 9.17) is 0 Å². The zero-order valence-electron chi connectivity index (χ0n) is 18.5. The molecule has 162 valence electrons. The summed E-state index contributed by atoms with van der Waals surface area (Å²) in [6.07, 6.45) is 1.05. The van der Waals surface area contributed by atoms with Crippen LogP contribution in [0.25, 0.3) is 0 Å². The molecular formula is C24H32N2O3S. The number of sulfonamides is 1. The van der Waals surface area contributed by atoms with Gasteiger partial charge in [0.2, 0.25) is 15.9 Å². The standard InChI is InChI=1S/C24H32N2O3S/c1-16(2)22-8-6-7-18(4)23(22)25-24(27)20-11-13-26(14-12-20)30(28,29)21-10-9-17(3)19(5)15-21/h6-10,15-16,20H,11-14H2,1-5H3,(H,25,27). The molecule has 1 amide bonds. The first-order valence-electron chi connectivity index (χ1n) is 10.6. The minimum atomic E-state index is -3.53. The molecule has 0 radical (unpaired) electrons. The Morgan fingerprint density at radius 2 is 1.67 bits per heavy atom. The number of piperidine rings is 1. The summed E-state index contributed by atoms with van der Waals surface area (Å²) in [7, 11) is -3.53. The number of para-hydroxylation sites is 1. The van der Waals surface area contributed by atoms with E-state index in [9.17, 15) is 13.2 Å². The third kappa shape index (κ3) is 4.60. The number of carbonyl (C=O) groups excluding carboxylic acids is 1. The number of rotatable bonds is 5. The third-order valence-electron chi connectivity index (χ3n) is 6.12. The van der Waals surface area contributed by atoms with Crippen LogP contribution in [0.4, 0.5) is 5.69 Å². The Labute approximate surface area is 180 Å². The van der Waals surface area contributed by atoms with Gasteiger partial charge in [-0.05, 0) is 73.9 Å². The number of nitrogens with zero attached hydrogens (tertiary/aromatic N) is 1. The predicted molar refractivity (Wildman–Crippen MR) is 121 cm³/mol. The van der Waals surface area contributed by atoms with Gasteiger partial charge in [-0.25, -0.2) is 8.42 Å². The van der Waals surface area contributed by atoms with Crippen molar-refractivity contribution in [3.8, 4) is 0 Å². The molecule has 3 rings (SSSR count). The van der Waals surface area contributed by atoms with E-state index in [0.717, 1.165) is 27.9 Å². The van der Waals surface area contributed by atoms with Crippen molar-refractivity contribution in [3.05, 3.63) is 58.7 Å². The number of anilines is 1. The van der Waals surface area contributed by atoms with Crippen molar-refractivity contribution in [3.63, 3.8) is 0 Å². The molecule has 6 heteroatoms. The van der Waals surface area contributed by atoms with E-state index in [1.165, 1.54) is 4.31 Å². The smallest absolute Gasteiger partial charge is 0.243 e. The number of hydrogen-bond donors (Lipinski definition) is 1. The Morgan fingerprint density at radius 1 is 1.00 bits per heavy atom. The molecule has 30 heavy (non-hydrogen) atoms. The Hall–Kier alpha value is -2.18. The van der Waals surface area contributed by atoms with E-state index in [2.05, 4.69) is 19.2 Å². The lowest BCUT2D eigenvalue weighted by molar-refractivity contribution is -0.120. The van der Waals surface area contributed by atoms with Gasteiger partial charge >= 0.3 is 0 Å². The minimum absolute atomic E-state index is 0.0190. The maximum absolute atomic E-state index is 13.0. The highest BCUT2D eigenvalue weighted by atomic mass is 32.2. The number of amides is 1. The summed E-state index contributed by atoms with van der Waals surface area (Å²) in [5, 5.41) is 3.12. The van der Waals surface area contributed by atoms with Gasteiger partial charge in [0.25, 0.3) is 0 Å². The molecule has 0 bridgehead atoms. The lowest BCUT2D eigenvalue weighted by Gasteiger charge is -2.31. The minimum Gasteiger partial charge on any atom is -0.325 e. The van der Waals surface area contributed by atoms with Crippen LogP contribution in [0.5, 0.6) is 0 Å². The number of aryl methyl sites for hydroxylation is 3. The summed E-state index contributed by atoms with van der Waals surface area (Å²) in [6, 6.07) is 11.3. The molecule has 0 spiro atoms. The normalized spacial score (nSPS) is 16.1. The zero-order valence-corrected chi connectivity index (χ0v) is 19.3. The van der Waals surface area contributed by atoms with Crippen molar-refractivity contribution >= 4 is 21.6 Å². The molecule has 2 aromatic rings. The van der Waals surface area contributed by atoms with E-state index in [1.54, 1.807) is 12.1 Å². The van der Waals surface area contributed by atoms with Crippen molar-refractivity contribution in [1.29, 1.82) is 0 Å². The molecule has 1 N–H and O–H groups in total. The Bertz CT molecular complexity index is 1040. The summed E-state index contributed by atoms with van der Waals surface area (Å²) in [5.74, 6) is 0.107. The fourth-order valence-electron chi connectivity index (χ4n) is 3.95. The van der Waals surface area contributed by atoms with E-state index in [-0.39, 0.29) is 11.8 Å². The third-order valence-corrected chi connectivity index (χ3v) is 8.01. The first-order chi connectivity index (χ1) is 14.1. The largest absolute Gasteiger partial charge is 0.325 e. The average Bonchev–Trinajstić information content (AvgIpc) is 2.71. The first kappa shape index (κ1) is 22.5. The van der Waals surface area contributed by atoms with Crippen molar-refractivity contribution in [2.24, 2.45) is 5.92 Å². The van der Waals surface area contributed by atoms with Crippen LogP contribution in [0.15, 0.2) is 41.3 Å². The van der Waals surface area contributed by atoms with Crippen molar-refractivity contribution in [1.82, 2.24) is 4.31 Å². The molecule has 1 saturated heterocycles. The molecule has 0 aliphatic carbocycles. The average molecular weight is 429 g/mol. The van der Waals surface area contributed by atoms with Crippen molar-refractivity contribution in [2.45, 2.75) is 58.3 Å². The summed E-state index contributed by atoms with van der Waals surface area (Å²) in [6.45, 7) is 10.8. The van der Waals surface area contributed by atoms with Gasteiger partial charge in [0, 0.05) is 24.7 Å². The second-order valence-corrected chi connectivity index (χ2v) is 10.5. The van der Waals surface area contributed by atoms with Crippen LogP contribution in [0.1, 0.15) is 54.9 Å². The van der Waals surface area contributed by atoms with Crippen LogP contribution in [0, 0.1) is 26.7 Å². The van der Waals surface area contributed by atoms with Gasteiger partial charge in [0.05, 0.1) is 4.90 Å². The number of carbonyl (C=O) groups is 1. The molecule has 2 aromatic carbocycles. The topological polar surface area (TPSA) is 66.5 Å². The van der Waals surface area contributed by atoms with Crippen LogP contribution < -0.4 is 5.32 Å². The molecular weight excluding hydrogens is 396 g/mol. The number of nitrogens with one attached hydrogen (secondary N) is 1. The lowest BCUT2D eigenvalue weighted by atomic mass is 9.95. The van der Waals surface area contributed by atoms with Crippen molar-refractivity contribution in [2.75, 3.05) is 18.4 Å². The Kier molecular flexibility index (Phi) is 6.68. The molecule has 0 atom stereocenters. The maximum Gasteiger partial charge on any atom is 0.243 e. The summed E-state index contributed by atoms with van der Waals surface area (Å²) < 4.78 is 27.5. The van der Waals surface area contributed by atoms with Gasteiger partial charge in [-0.1, -0.05) is 38.1 Å². The van der Waals surface area contributed by atoms with Gasteiger partial charge in [-0.2, -0.15) is 4.31 Å². The second kappa shape index (κ2) is 8.90. The molecule has 0 aromatic heterocycles. The van der Waals surface area contributed by atoms with E-state index in [1.807, 2.05) is 45.0 Å².